The summed E-state index contributed by atoms with van der Waals surface area (Å²) in [6.45, 7) is 10.2. The van der Waals surface area contributed by atoms with Gasteiger partial charge < -0.3 is 126 Å². The summed E-state index contributed by atoms with van der Waals surface area (Å²) in [6.07, 6.45) is -5.99. The van der Waals surface area contributed by atoms with Crippen molar-refractivity contribution in [3.05, 3.63) is 101 Å². The van der Waals surface area contributed by atoms with Crippen LogP contribution in [0.15, 0.2) is 78.9 Å². The minimum Gasteiger partial charge on any atom is -0.508 e. The molecule has 0 aliphatic carbocycles. The maximum absolute atomic E-state index is 14.6. The van der Waals surface area contributed by atoms with Gasteiger partial charge >= 0.3 is 17.9 Å². The molecule has 46 heteroatoms. The first-order valence-electron chi connectivity index (χ1n) is 42.6. The number of benzene rings is 3. The quantitative estimate of drug-likeness (QED) is 0.0185. The average Bonchev–Trinajstić information content (AvgIpc) is 1.64. The Bertz CT molecular complexity index is 4430. The van der Waals surface area contributed by atoms with Crippen molar-refractivity contribution in [3.8, 4) is 5.75 Å². The van der Waals surface area contributed by atoms with Crippen molar-refractivity contribution < 1.29 is 137 Å². The number of hydrogen-bond acceptors (Lipinski definition) is 27. The number of nitrogens with one attached hydrogen (secondary N) is 15. The maximum Gasteiger partial charge on any atom is 0.305 e. The molecule has 722 valence electrons. The van der Waals surface area contributed by atoms with Crippen molar-refractivity contribution in [1.29, 1.82) is 0 Å². The van der Waals surface area contributed by atoms with Crippen molar-refractivity contribution in [2.75, 3.05) is 50.9 Å². The summed E-state index contributed by atoms with van der Waals surface area (Å²) in [5, 5.41) is 118. The molecule has 0 bridgehead atoms. The number of carboxylic acids is 3. The molecule has 131 heavy (non-hydrogen) atoms. The number of hydrogen-bond donors (Lipinski definition) is 24. The van der Waals surface area contributed by atoms with Crippen molar-refractivity contribution >= 4 is 130 Å². The Balaban J connectivity index is 1.46. The van der Waals surface area contributed by atoms with Gasteiger partial charge in [-0.05, 0) is 113 Å². The van der Waals surface area contributed by atoms with E-state index in [-0.39, 0.29) is 67.3 Å². The number of amides is 17. The lowest BCUT2D eigenvalue weighted by Gasteiger charge is -2.30. The predicted molar refractivity (Wildman–Crippen MR) is 468 cm³/mol. The van der Waals surface area contributed by atoms with Crippen LogP contribution in [-0.4, -0.2) is 306 Å². The lowest BCUT2D eigenvalue weighted by atomic mass is 9.96. The summed E-state index contributed by atoms with van der Waals surface area (Å²) in [4.78, 5) is 271. The number of rotatable bonds is 59. The summed E-state index contributed by atoms with van der Waals surface area (Å²) in [6, 6.07) is -2.53. The number of nitrogens with zero attached hydrogens (tertiary/aromatic N) is 1. The van der Waals surface area contributed by atoms with Crippen molar-refractivity contribution in [1.82, 2.24) is 84.7 Å². The van der Waals surface area contributed by atoms with E-state index in [0.717, 1.165) is 30.5 Å². The predicted octanol–water partition coefficient (Wildman–Crippen LogP) is -5.41. The molecule has 3 aromatic rings. The first kappa shape index (κ1) is 111. The largest absolute Gasteiger partial charge is 0.508 e. The molecule has 0 saturated heterocycles. The van der Waals surface area contributed by atoms with E-state index >= 15 is 0 Å². The fourth-order valence-corrected chi connectivity index (χ4v) is 13.9. The number of carbonyl (C=O) groups is 20. The van der Waals surface area contributed by atoms with E-state index in [1.165, 1.54) is 55.5 Å². The molecule has 4 rings (SSSR count). The number of imide groups is 1. The third-order valence-corrected chi connectivity index (χ3v) is 21.3. The summed E-state index contributed by atoms with van der Waals surface area (Å²) in [7, 11) is 0. The highest BCUT2D eigenvalue weighted by molar-refractivity contribution is 8.00. The van der Waals surface area contributed by atoms with E-state index < -0.39 is 279 Å². The van der Waals surface area contributed by atoms with Gasteiger partial charge in [-0.15, -0.1) is 11.8 Å². The van der Waals surface area contributed by atoms with Crippen LogP contribution >= 0.6 is 11.8 Å². The lowest BCUT2D eigenvalue weighted by Crippen LogP contribution is -2.63. The van der Waals surface area contributed by atoms with Crippen molar-refractivity contribution in [2.45, 2.75) is 230 Å². The molecule has 1 aliphatic rings. The normalized spacial score (nSPS) is 15.3. The highest BCUT2D eigenvalue weighted by Crippen LogP contribution is 2.23. The number of aromatic hydroxyl groups is 1. The van der Waals surface area contributed by atoms with Crippen LogP contribution in [0.4, 0.5) is 0 Å². The molecule has 45 nitrogen and oxygen atoms in total. The standard InChI is InChI=1S/C85H123N17O28S/c1-10-45(6)69(81(126)95-57(35-50-23-25-51(107)26-24-50)76(121)91-55(32-43(2)3)74(119)93-59(36-67(113)114)73(118)89-46(7)18-16-17-29-86)100-80(125)62(40-104)97-75(120)56(33-44(4)5)92-77(122)60(37-68(115)116)94-79(124)61(39-103)98-83(128)71(48(9)106)101-78(123)58(34-49-19-12-11-13-20-49)96-82(127)70(47(8)105)99-63(108)38-88-72(117)54(27-28-66(111)112)90-65(110)42-131-41-64(109)87-30-31-102-84(129)52-21-14-15-22-53(52)85(102)130/h11-15,19-26,43-48,54-62,69-71,103-107H,10,16-18,27-42,86H2,1-9H3,(H,87,109)(H,88,117)(H,89,118)(H,90,110)(H,91,121)(H,92,122)(H,93,119)(H,94,124)(H,95,126)(H,96,127)(H,97,120)(H,98,128)(H,99,108)(H,100,125)(H,101,123)(H,111,112)(H,113,114)(H,115,116)/t45-,46+,47+,48+,54-,55-,56-,57-,58-,59-,60-,61-,62-,69-,70-,71-/m0/s1. The van der Waals surface area contributed by atoms with Crippen LogP contribution in [-0.2, 0) is 99.1 Å². The van der Waals surface area contributed by atoms with Gasteiger partial charge in [0.15, 0.2) is 0 Å². The number of fused-ring (bicyclic) bond motifs is 1. The molecule has 1 heterocycles. The zero-order chi connectivity index (χ0) is 98.1. The molecule has 0 fully saturated rings. The summed E-state index contributed by atoms with van der Waals surface area (Å²) in [5.41, 5.74) is 6.76. The molecule has 3 aromatic carbocycles. The van der Waals surface area contributed by atoms with Crippen LogP contribution in [0.25, 0.3) is 0 Å². The van der Waals surface area contributed by atoms with Crippen LogP contribution in [0.5, 0.6) is 5.75 Å². The number of aliphatic hydroxyl groups excluding tert-OH is 4. The SMILES string of the molecule is CC[C@H](C)[C@H](NC(=O)[C@H](CO)NC(=O)[C@H](CC(C)C)NC(=O)[C@H](CC(=O)O)NC(=O)[C@H](CO)NC(=O)[C@@H](NC(=O)[C@H](Cc1ccccc1)NC(=O)[C@@H](NC(=O)CNC(=O)[C@H](CCC(=O)O)NC(=O)CSCC(=O)NCCN1C(=O)c2ccccc2C1=O)[C@@H](C)O)[C@@H](C)O)C(=O)N[C@@H](Cc1ccc(O)cc1)C(=O)N[C@@H](CC(C)C)C(=O)N[C@@H](CC(=O)O)C(=O)N[C@H](C)CCCCN. The zero-order valence-corrected chi connectivity index (χ0v) is 75.0. The van der Waals surface area contributed by atoms with E-state index in [0.29, 0.717) is 36.9 Å². The first-order valence-corrected chi connectivity index (χ1v) is 43.7. The number of carbonyl (C=O) groups excluding carboxylic acids is 17. The number of aliphatic hydroxyl groups is 4. The number of aliphatic carboxylic acids is 3. The Morgan fingerprint density at radius 2 is 0.809 bits per heavy atom. The Labute approximate surface area is 759 Å². The third-order valence-electron chi connectivity index (χ3n) is 20.4. The van der Waals surface area contributed by atoms with Gasteiger partial charge in [-0.3, -0.25) is 101 Å². The Hall–Kier alpha value is -12.8. The van der Waals surface area contributed by atoms with Gasteiger partial charge in [0.1, 0.15) is 78.3 Å². The van der Waals surface area contributed by atoms with Gasteiger partial charge in [-0.25, -0.2) is 0 Å². The fourth-order valence-electron chi connectivity index (χ4n) is 13.2. The van der Waals surface area contributed by atoms with Gasteiger partial charge in [-0.1, -0.05) is 109 Å². The van der Waals surface area contributed by atoms with E-state index in [2.05, 4.69) is 79.8 Å². The van der Waals surface area contributed by atoms with Crippen LogP contribution < -0.4 is 85.5 Å². The number of nitrogens with two attached hydrogens (primary N) is 1. The second-order valence-corrected chi connectivity index (χ2v) is 33.4. The lowest BCUT2D eigenvalue weighted by molar-refractivity contribution is -0.142. The second-order valence-electron chi connectivity index (χ2n) is 32.4. The van der Waals surface area contributed by atoms with E-state index in [1.54, 1.807) is 71.9 Å². The second kappa shape index (κ2) is 55.9. The number of carboxylic acid groups (broad SMARTS) is 3. The average molecular weight is 1860 g/mol. The number of thioether (sulfide) groups is 1. The Morgan fingerprint density at radius 1 is 0.405 bits per heavy atom. The molecule has 25 N–H and O–H groups in total. The van der Waals surface area contributed by atoms with Gasteiger partial charge in [0.2, 0.25) is 88.6 Å². The van der Waals surface area contributed by atoms with Crippen molar-refractivity contribution in [3.63, 3.8) is 0 Å². The molecular formula is C85H123N17O28S. The molecule has 0 unspecified atom stereocenters. The summed E-state index contributed by atoms with van der Waals surface area (Å²) >= 11 is 0.790. The minimum atomic E-state index is -2.15. The van der Waals surface area contributed by atoms with Crippen LogP contribution in [0.1, 0.15) is 158 Å². The monoisotopic (exact) mass is 1860 g/mol. The highest BCUT2D eigenvalue weighted by Gasteiger charge is 2.41. The van der Waals surface area contributed by atoms with Crippen LogP contribution in [0.3, 0.4) is 0 Å². The molecule has 17 amide bonds. The van der Waals surface area contributed by atoms with Gasteiger partial charge in [0.25, 0.3) is 11.8 Å². The zero-order valence-electron chi connectivity index (χ0n) is 74.2. The highest BCUT2D eigenvalue weighted by atomic mass is 32.2. The van der Waals surface area contributed by atoms with Crippen molar-refractivity contribution in [2.24, 2.45) is 23.5 Å². The molecule has 16 atom stereocenters. The fraction of sp³-hybridized carbons (Fsp3) is 0.553. The van der Waals surface area contributed by atoms with Crippen LogP contribution in [0, 0.1) is 17.8 Å². The molecule has 0 aromatic heterocycles. The molecular weight excluding hydrogens is 1740 g/mol. The molecule has 0 radical (unpaired) electrons. The number of phenols is 1. The Kier molecular flexibility index (Phi) is 47.2. The summed E-state index contributed by atoms with van der Waals surface area (Å²) in [5.74, 6) is -24.6. The van der Waals surface area contributed by atoms with E-state index in [1.807, 2.05) is 0 Å². The minimum absolute atomic E-state index is 0.0658. The van der Waals surface area contributed by atoms with Gasteiger partial charge in [-0.2, -0.15) is 0 Å². The first-order chi connectivity index (χ1) is 61.8. The van der Waals surface area contributed by atoms with Gasteiger partial charge in [0.05, 0.1) is 67.4 Å². The molecule has 0 spiro atoms. The smallest absolute Gasteiger partial charge is 0.305 e. The van der Waals surface area contributed by atoms with Gasteiger partial charge in [0, 0.05) is 38.4 Å². The van der Waals surface area contributed by atoms with Crippen LogP contribution in [0.2, 0.25) is 0 Å². The number of unbranched alkanes of at least 4 members (excludes halogenated alkanes) is 1. The third kappa shape index (κ3) is 38.4. The van der Waals surface area contributed by atoms with E-state index in [9.17, 15) is 137 Å². The topological polar surface area (TPSA) is 713 Å². The maximum atomic E-state index is 14.6. The summed E-state index contributed by atoms with van der Waals surface area (Å²) < 4.78 is 0. The van der Waals surface area contributed by atoms with E-state index in [4.69, 9.17) is 5.73 Å². The molecule has 0 saturated carbocycles. The Morgan fingerprint density at radius 3 is 1.28 bits per heavy atom. The molecule has 1 aliphatic heterocycles. The number of phenolic OH excluding ortho intramolecular Hbond substituents is 1.